The average Bonchev–Trinajstić information content (AvgIpc) is 2.66. The number of Topliss-reactive ketones (excluding diaryl/α,β-unsaturated/α-hetero) is 3. The summed E-state index contributed by atoms with van der Waals surface area (Å²) in [6.45, 7) is 4.89. The van der Waals surface area contributed by atoms with Crippen molar-refractivity contribution in [3.63, 3.8) is 0 Å². The first-order valence-electron chi connectivity index (χ1n) is 10.7. The molecule has 0 aliphatic heterocycles. The summed E-state index contributed by atoms with van der Waals surface area (Å²) in [4.78, 5) is 54.3. The van der Waals surface area contributed by atoms with Crippen LogP contribution in [0.25, 0.3) is 0 Å². The molecule has 0 heterocycles. The van der Waals surface area contributed by atoms with Crippen molar-refractivity contribution in [3.05, 3.63) is 34.2 Å². The molecule has 0 spiro atoms. The third kappa shape index (κ3) is 2.71. The van der Waals surface area contributed by atoms with E-state index in [2.05, 4.69) is 0 Å². The summed E-state index contributed by atoms with van der Waals surface area (Å²) in [7, 11) is 3.35. The Bertz CT molecular complexity index is 1200. The van der Waals surface area contributed by atoms with E-state index in [4.69, 9.17) is 5.73 Å². The second-order valence-electron chi connectivity index (χ2n) is 10.4. The van der Waals surface area contributed by atoms with Gasteiger partial charge in [0.15, 0.2) is 28.7 Å². The number of phenols is 1. The molecule has 0 bridgehead atoms. The van der Waals surface area contributed by atoms with Gasteiger partial charge < -0.3 is 20.8 Å². The van der Waals surface area contributed by atoms with Gasteiger partial charge in [-0.05, 0) is 37.2 Å². The molecule has 9 heteroatoms. The largest absolute Gasteiger partial charge is 0.504 e. The molecule has 8 nitrogen and oxygen atoms in total. The third-order valence-corrected chi connectivity index (χ3v) is 7.78. The third-order valence-electron chi connectivity index (χ3n) is 7.78. The first-order chi connectivity index (χ1) is 15.1. The lowest BCUT2D eigenvalue weighted by atomic mass is 9.44. The number of allylic oxidation sites excluding steroid dienone is 1. The average molecular weight is 458 g/mol. The number of halogens is 1. The van der Waals surface area contributed by atoms with Crippen molar-refractivity contribution in [3.8, 4) is 5.75 Å². The minimum atomic E-state index is -2.64. The minimum absolute atomic E-state index is 0.0673. The van der Waals surface area contributed by atoms with Gasteiger partial charge in [0.1, 0.15) is 0 Å². The lowest BCUT2D eigenvalue weighted by Gasteiger charge is -2.58. The Kier molecular flexibility index (Phi) is 4.71. The number of primary amides is 1. The molecular weight excluding hydrogens is 431 g/mol. The standard InChI is InChI=1S/C24H27FN2O6/c1-10-7-23(3)9-22(2)8-11-13(27(4)5)6-12(25)17(28)15(11)18(29)16(22)20(31)24(23,33)19(30)14(10)21(26)32/h6,16,28,33H,7-9H2,1-5H3,(H2,26,32)/t16?,22-,23+,24+/m0/s1. The quantitative estimate of drug-likeness (QED) is 0.450. The lowest BCUT2D eigenvalue weighted by molar-refractivity contribution is -0.183. The first kappa shape index (κ1) is 23.1. The summed E-state index contributed by atoms with van der Waals surface area (Å²) in [6, 6.07) is 1.14. The van der Waals surface area contributed by atoms with E-state index in [1.165, 1.54) is 0 Å². The van der Waals surface area contributed by atoms with E-state index in [9.17, 15) is 33.8 Å². The maximum atomic E-state index is 14.5. The number of anilines is 1. The number of carbonyl (C=O) groups excluding carboxylic acids is 4. The van der Waals surface area contributed by atoms with E-state index in [1.54, 1.807) is 39.8 Å². The molecule has 1 saturated carbocycles. The van der Waals surface area contributed by atoms with Crippen LogP contribution in [0.2, 0.25) is 0 Å². The van der Waals surface area contributed by atoms with Gasteiger partial charge in [-0.3, -0.25) is 19.2 Å². The molecule has 4 atom stereocenters. The van der Waals surface area contributed by atoms with Crippen LogP contribution in [-0.4, -0.2) is 53.2 Å². The van der Waals surface area contributed by atoms with Gasteiger partial charge in [-0.2, -0.15) is 0 Å². The van der Waals surface area contributed by atoms with E-state index in [0.717, 1.165) is 6.07 Å². The van der Waals surface area contributed by atoms with Gasteiger partial charge >= 0.3 is 0 Å². The van der Waals surface area contributed by atoms with Crippen LogP contribution < -0.4 is 10.6 Å². The number of nitrogens with two attached hydrogens (primary N) is 1. The Balaban J connectivity index is 1.97. The summed E-state index contributed by atoms with van der Waals surface area (Å²) in [6.07, 6.45) is 0.327. The van der Waals surface area contributed by atoms with Crippen LogP contribution in [-0.2, 0) is 20.8 Å². The molecule has 33 heavy (non-hydrogen) atoms. The fourth-order valence-electron chi connectivity index (χ4n) is 6.55. The summed E-state index contributed by atoms with van der Waals surface area (Å²) in [5.74, 6) is -7.42. The number of benzene rings is 1. The molecule has 3 aliphatic carbocycles. The number of hydrogen-bond acceptors (Lipinski definition) is 7. The Morgan fingerprint density at radius 2 is 1.82 bits per heavy atom. The summed E-state index contributed by atoms with van der Waals surface area (Å²) < 4.78 is 14.5. The Morgan fingerprint density at radius 3 is 2.36 bits per heavy atom. The number of nitrogens with zero attached hydrogens (tertiary/aromatic N) is 1. The normalized spacial score (nSPS) is 33.4. The van der Waals surface area contributed by atoms with Crippen molar-refractivity contribution in [2.75, 3.05) is 19.0 Å². The fraction of sp³-hybridized carbons (Fsp3) is 0.500. The molecule has 176 valence electrons. The number of hydrogen-bond donors (Lipinski definition) is 3. The number of phenolic OH excluding ortho intramolecular Hbond substituents is 1. The second-order valence-corrected chi connectivity index (χ2v) is 10.4. The van der Waals surface area contributed by atoms with E-state index in [-0.39, 0.29) is 24.8 Å². The van der Waals surface area contributed by atoms with E-state index >= 15 is 0 Å². The van der Waals surface area contributed by atoms with E-state index < -0.39 is 62.7 Å². The maximum Gasteiger partial charge on any atom is 0.252 e. The van der Waals surface area contributed by atoms with Crippen molar-refractivity contribution in [2.24, 2.45) is 22.5 Å². The van der Waals surface area contributed by atoms with Gasteiger partial charge in [0.25, 0.3) is 5.91 Å². The van der Waals surface area contributed by atoms with Crippen LogP contribution in [0.15, 0.2) is 17.2 Å². The number of ketones is 3. The Hall–Kier alpha value is -3.07. The van der Waals surface area contributed by atoms with Gasteiger partial charge in [0.2, 0.25) is 5.78 Å². The lowest BCUT2D eigenvalue weighted by Crippen LogP contribution is -2.71. The van der Waals surface area contributed by atoms with Crippen LogP contribution in [0.5, 0.6) is 5.75 Å². The van der Waals surface area contributed by atoms with Crippen LogP contribution in [0.4, 0.5) is 10.1 Å². The smallest absolute Gasteiger partial charge is 0.252 e. The number of aromatic hydroxyl groups is 1. The van der Waals surface area contributed by atoms with Gasteiger partial charge in [-0.15, -0.1) is 0 Å². The zero-order valence-electron chi connectivity index (χ0n) is 19.2. The SMILES string of the molecule is CC1=C(C(N)=O)C(=O)[C@@]2(O)C(=O)C3C(=O)c4c(O)c(F)cc(N(C)C)c4C[C@@]3(C)C[C@@]2(C)C1. The van der Waals surface area contributed by atoms with Crippen LogP contribution >= 0.6 is 0 Å². The zero-order chi connectivity index (χ0) is 24.8. The van der Waals surface area contributed by atoms with Gasteiger partial charge in [-0.1, -0.05) is 19.4 Å². The molecule has 4 N–H and O–H groups in total. The predicted molar refractivity (Wildman–Crippen MR) is 116 cm³/mol. The first-order valence-corrected chi connectivity index (χ1v) is 10.7. The van der Waals surface area contributed by atoms with Gasteiger partial charge in [0, 0.05) is 31.3 Å². The second kappa shape index (κ2) is 6.72. The van der Waals surface area contributed by atoms with Gasteiger partial charge in [-0.25, -0.2) is 4.39 Å². The Morgan fingerprint density at radius 1 is 1.21 bits per heavy atom. The molecular formula is C24H27FN2O6. The maximum absolute atomic E-state index is 14.5. The molecule has 1 aromatic rings. The van der Waals surface area contributed by atoms with Crippen molar-refractivity contribution in [1.82, 2.24) is 0 Å². The highest BCUT2D eigenvalue weighted by atomic mass is 19.1. The van der Waals surface area contributed by atoms with Crippen molar-refractivity contribution < 1.29 is 33.8 Å². The molecule has 0 aromatic heterocycles. The Labute approximate surface area is 190 Å². The molecule has 4 rings (SSSR count). The fourth-order valence-corrected chi connectivity index (χ4v) is 6.55. The highest BCUT2D eigenvalue weighted by Crippen LogP contribution is 2.62. The number of rotatable bonds is 2. The van der Waals surface area contributed by atoms with Gasteiger partial charge in [0.05, 0.1) is 17.1 Å². The van der Waals surface area contributed by atoms with Crippen LogP contribution in [0, 0.1) is 22.6 Å². The van der Waals surface area contributed by atoms with Crippen molar-refractivity contribution in [2.45, 2.75) is 45.6 Å². The van der Waals surface area contributed by atoms with Crippen molar-refractivity contribution >= 4 is 28.9 Å². The van der Waals surface area contributed by atoms with Crippen LogP contribution in [0.1, 0.15) is 49.5 Å². The summed E-state index contributed by atoms with van der Waals surface area (Å²) in [5, 5.41) is 22.0. The minimum Gasteiger partial charge on any atom is -0.504 e. The molecule has 1 aromatic carbocycles. The van der Waals surface area contributed by atoms with E-state index in [0.29, 0.717) is 16.8 Å². The number of aliphatic hydroxyl groups is 1. The van der Waals surface area contributed by atoms with E-state index in [1.807, 2.05) is 0 Å². The zero-order valence-corrected chi connectivity index (χ0v) is 19.2. The highest BCUT2D eigenvalue weighted by Gasteiger charge is 2.71. The highest BCUT2D eigenvalue weighted by molar-refractivity contribution is 6.33. The monoisotopic (exact) mass is 458 g/mol. The molecule has 3 aliphatic rings. The number of carbonyl (C=O) groups is 4. The molecule has 0 saturated heterocycles. The van der Waals surface area contributed by atoms with Crippen LogP contribution in [0.3, 0.4) is 0 Å². The topological polar surface area (TPSA) is 138 Å². The molecule has 1 amide bonds. The molecule has 0 radical (unpaired) electrons. The summed E-state index contributed by atoms with van der Waals surface area (Å²) >= 11 is 0. The van der Waals surface area contributed by atoms with Crippen molar-refractivity contribution in [1.29, 1.82) is 0 Å². The summed E-state index contributed by atoms with van der Waals surface area (Å²) in [5.41, 5.74) is 0.878. The number of amides is 1. The molecule has 1 fully saturated rings. The molecule has 1 unspecified atom stereocenters. The predicted octanol–water partition coefficient (Wildman–Crippen LogP) is 1.44. The number of fused-ring (bicyclic) bond motifs is 3.